The van der Waals surface area contributed by atoms with E-state index >= 15 is 0 Å². The minimum absolute atomic E-state index is 0.0877. The maximum absolute atomic E-state index is 12.7. The third-order valence-corrected chi connectivity index (χ3v) is 5.87. The van der Waals surface area contributed by atoms with Gasteiger partial charge in [-0.3, -0.25) is 4.79 Å². The first-order valence-electron chi connectivity index (χ1n) is 8.23. The lowest BCUT2D eigenvalue weighted by atomic mass is 10.1. The molecule has 0 atom stereocenters. The zero-order chi connectivity index (χ0) is 20.5. The molecule has 3 aromatic rings. The van der Waals surface area contributed by atoms with Crippen LogP contribution < -0.4 is 5.32 Å². The molecule has 146 valence electrons. The van der Waals surface area contributed by atoms with Gasteiger partial charge in [0.1, 0.15) is 5.82 Å². The zero-order valence-corrected chi connectivity index (χ0v) is 17.4. The van der Waals surface area contributed by atoms with Crippen molar-refractivity contribution in [2.75, 3.05) is 11.6 Å². The third kappa shape index (κ3) is 4.55. The number of aryl methyl sites for hydroxylation is 1. The van der Waals surface area contributed by atoms with Gasteiger partial charge in [-0.15, -0.1) is 0 Å². The highest BCUT2D eigenvalue weighted by atomic mass is 35.5. The molecule has 3 rings (SSSR count). The van der Waals surface area contributed by atoms with Crippen molar-refractivity contribution in [1.82, 2.24) is 9.78 Å². The standard InChI is InChI=1S/C19H17Cl2N3O3S/c1-12-3-6-15(28(2,26)27)10-16(12)19(25)23-18-7-8-22-24(18)11-13-4-5-14(20)9-17(13)21/h3-10H,11H2,1-2H3,(H,23,25). The molecule has 0 fully saturated rings. The molecule has 28 heavy (non-hydrogen) atoms. The minimum Gasteiger partial charge on any atom is -0.307 e. The second-order valence-electron chi connectivity index (χ2n) is 6.31. The number of aromatic nitrogens is 2. The van der Waals surface area contributed by atoms with Gasteiger partial charge >= 0.3 is 0 Å². The van der Waals surface area contributed by atoms with E-state index in [1.165, 1.54) is 12.1 Å². The van der Waals surface area contributed by atoms with Gasteiger partial charge in [-0.1, -0.05) is 35.3 Å². The summed E-state index contributed by atoms with van der Waals surface area (Å²) in [6.45, 7) is 2.08. The number of hydrogen-bond donors (Lipinski definition) is 1. The van der Waals surface area contributed by atoms with E-state index in [1.54, 1.807) is 48.1 Å². The number of halogens is 2. The predicted octanol–water partition coefficient (Wildman–Crippen LogP) is 4.20. The van der Waals surface area contributed by atoms with E-state index in [-0.39, 0.29) is 10.5 Å². The Hall–Kier alpha value is -2.35. The Morgan fingerprint density at radius 1 is 1.14 bits per heavy atom. The number of carbonyl (C=O) groups is 1. The van der Waals surface area contributed by atoms with Gasteiger partial charge in [-0.05, 0) is 42.3 Å². The van der Waals surface area contributed by atoms with Crippen LogP contribution in [0.25, 0.3) is 0 Å². The summed E-state index contributed by atoms with van der Waals surface area (Å²) in [6.07, 6.45) is 2.66. The fourth-order valence-electron chi connectivity index (χ4n) is 2.64. The summed E-state index contributed by atoms with van der Waals surface area (Å²) in [4.78, 5) is 12.8. The molecule has 0 bridgehead atoms. The first kappa shape index (κ1) is 20.4. The largest absolute Gasteiger partial charge is 0.307 e. The second-order valence-corrected chi connectivity index (χ2v) is 9.17. The number of nitrogens with zero attached hydrogens (tertiary/aromatic N) is 2. The number of amides is 1. The summed E-state index contributed by atoms with van der Waals surface area (Å²) in [7, 11) is -3.42. The summed E-state index contributed by atoms with van der Waals surface area (Å²) in [6, 6.07) is 11.3. The van der Waals surface area contributed by atoms with Crippen molar-refractivity contribution in [3.05, 3.63) is 75.4 Å². The summed E-state index contributed by atoms with van der Waals surface area (Å²) in [5.41, 5.74) is 1.73. The zero-order valence-electron chi connectivity index (χ0n) is 15.1. The minimum atomic E-state index is -3.42. The van der Waals surface area contributed by atoms with Gasteiger partial charge in [-0.25, -0.2) is 13.1 Å². The normalized spacial score (nSPS) is 11.4. The molecule has 9 heteroatoms. The average molecular weight is 438 g/mol. The number of nitrogens with one attached hydrogen (secondary N) is 1. The first-order valence-corrected chi connectivity index (χ1v) is 10.9. The molecule has 0 aliphatic heterocycles. The van der Waals surface area contributed by atoms with Crippen molar-refractivity contribution < 1.29 is 13.2 Å². The van der Waals surface area contributed by atoms with Gasteiger partial charge in [0.15, 0.2) is 9.84 Å². The Balaban J connectivity index is 1.86. The smallest absolute Gasteiger partial charge is 0.257 e. The van der Waals surface area contributed by atoms with E-state index < -0.39 is 15.7 Å². The second kappa shape index (κ2) is 7.95. The summed E-state index contributed by atoms with van der Waals surface area (Å²) >= 11 is 12.1. The van der Waals surface area contributed by atoms with Crippen molar-refractivity contribution in [3.63, 3.8) is 0 Å². The summed E-state index contributed by atoms with van der Waals surface area (Å²) in [5.74, 6) is 0.0344. The fraction of sp³-hybridized carbons (Fsp3) is 0.158. The van der Waals surface area contributed by atoms with Crippen LogP contribution in [0.3, 0.4) is 0 Å². The number of sulfone groups is 1. The molecule has 0 spiro atoms. The van der Waals surface area contributed by atoms with Crippen molar-refractivity contribution in [3.8, 4) is 0 Å². The Morgan fingerprint density at radius 3 is 2.57 bits per heavy atom. The molecule has 1 aromatic heterocycles. The van der Waals surface area contributed by atoms with Crippen LogP contribution in [0.5, 0.6) is 0 Å². The number of anilines is 1. The van der Waals surface area contributed by atoms with Crippen LogP contribution in [0.4, 0.5) is 5.82 Å². The highest BCUT2D eigenvalue weighted by molar-refractivity contribution is 7.90. The maximum atomic E-state index is 12.7. The van der Waals surface area contributed by atoms with Crippen LogP contribution in [0.15, 0.2) is 53.6 Å². The van der Waals surface area contributed by atoms with Crippen LogP contribution in [0, 0.1) is 6.92 Å². The van der Waals surface area contributed by atoms with Gasteiger partial charge in [-0.2, -0.15) is 5.10 Å². The lowest BCUT2D eigenvalue weighted by Crippen LogP contribution is -2.18. The Bertz CT molecular complexity index is 1160. The Labute approximate surface area is 173 Å². The van der Waals surface area contributed by atoms with E-state index in [0.717, 1.165) is 11.8 Å². The molecule has 0 aliphatic carbocycles. The Morgan fingerprint density at radius 2 is 1.89 bits per heavy atom. The van der Waals surface area contributed by atoms with Crippen LogP contribution >= 0.6 is 23.2 Å². The SMILES string of the molecule is Cc1ccc(S(C)(=O)=O)cc1C(=O)Nc1ccnn1Cc1ccc(Cl)cc1Cl. The average Bonchev–Trinajstić information content (AvgIpc) is 3.03. The van der Waals surface area contributed by atoms with Crippen LogP contribution in [-0.4, -0.2) is 30.4 Å². The van der Waals surface area contributed by atoms with E-state index in [4.69, 9.17) is 23.2 Å². The van der Waals surface area contributed by atoms with E-state index in [9.17, 15) is 13.2 Å². The van der Waals surface area contributed by atoms with Crippen molar-refractivity contribution in [1.29, 1.82) is 0 Å². The molecule has 0 saturated heterocycles. The number of hydrogen-bond acceptors (Lipinski definition) is 4. The molecule has 0 aliphatic rings. The molecule has 0 unspecified atom stereocenters. The van der Waals surface area contributed by atoms with Gasteiger partial charge < -0.3 is 5.32 Å². The topological polar surface area (TPSA) is 81.1 Å². The van der Waals surface area contributed by atoms with Crippen LogP contribution in [0.1, 0.15) is 21.5 Å². The molecular formula is C19H17Cl2N3O3S. The predicted molar refractivity (Wildman–Crippen MR) is 110 cm³/mol. The highest BCUT2D eigenvalue weighted by Crippen LogP contribution is 2.23. The Kier molecular flexibility index (Phi) is 5.79. The van der Waals surface area contributed by atoms with Crippen LogP contribution in [0.2, 0.25) is 10.0 Å². The molecule has 1 amide bonds. The molecule has 0 radical (unpaired) electrons. The molecule has 2 aromatic carbocycles. The van der Waals surface area contributed by atoms with Gasteiger partial charge in [0.25, 0.3) is 5.91 Å². The summed E-state index contributed by atoms with van der Waals surface area (Å²) in [5, 5.41) is 8.02. The third-order valence-electron chi connectivity index (χ3n) is 4.18. The van der Waals surface area contributed by atoms with E-state index in [2.05, 4.69) is 10.4 Å². The summed E-state index contributed by atoms with van der Waals surface area (Å²) < 4.78 is 25.1. The van der Waals surface area contributed by atoms with Crippen molar-refractivity contribution in [2.24, 2.45) is 0 Å². The molecule has 1 N–H and O–H groups in total. The quantitative estimate of drug-likeness (QED) is 0.648. The van der Waals surface area contributed by atoms with E-state index in [0.29, 0.717) is 28.0 Å². The van der Waals surface area contributed by atoms with Gasteiger partial charge in [0, 0.05) is 27.9 Å². The lowest BCUT2D eigenvalue weighted by Gasteiger charge is -2.12. The molecule has 0 saturated carbocycles. The number of rotatable bonds is 5. The monoisotopic (exact) mass is 437 g/mol. The number of benzene rings is 2. The van der Waals surface area contributed by atoms with Gasteiger partial charge in [0.05, 0.1) is 17.6 Å². The van der Waals surface area contributed by atoms with Crippen molar-refractivity contribution >= 4 is 44.8 Å². The fourth-order valence-corrected chi connectivity index (χ4v) is 3.75. The molecule has 6 nitrogen and oxygen atoms in total. The first-order chi connectivity index (χ1) is 13.1. The molecule has 1 heterocycles. The molecular weight excluding hydrogens is 421 g/mol. The number of carbonyl (C=O) groups excluding carboxylic acids is 1. The van der Waals surface area contributed by atoms with Gasteiger partial charge in [0.2, 0.25) is 0 Å². The maximum Gasteiger partial charge on any atom is 0.257 e. The highest BCUT2D eigenvalue weighted by Gasteiger charge is 2.16. The van der Waals surface area contributed by atoms with Crippen LogP contribution in [-0.2, 0) is 16.4 Å². The van der Waals surface area contributed by atoms with Crippen molar-refractivity contribution in [2.45, 2.75) is 18.4 Å². The van der Waals surface area contributed by atoms with E-state index in [1.807, 2.05) is 0 Å². The lowest BCUT2D eigenvalue weighted by molar-refractivity contribution is 0.102.